The molecule has 14 heavy (non-hydrogen) atoms. The van der Waals surface area contributed by atoms with Crippen LogP contribution in [0.15, 0.2) is 0 Å². The Morgan fingerprint density at radius 1 is 1.43 bits per heavy atom. The second-order valence-electron chi connectivity index (χ2n) is 4.43. The second-order valence-corrected chi connectivity index (χ2v) is 4.43. The number of hydrogen-bond acceptors (Lipinski definition) is 2. The Hall–Kier alpha value is -0.370. The topological polar surface area (TPSA) is 20.3 Å². The third-order valence-electron chi connectivity index (χ3n) is 3.58. The molecule has 1 fully saturated rings. The van der Waals surface area contributed by atoms with Gasteiger partial charge in [0, 0.05) is 18.5 Å². The molecule has 2 nitrogen and oxygen atoms in total. The molecule has 0 radical (unpaired) electrons. The van der Waals surface area contributed by atoms with Gasteiger partial charge in [0.25, 0.3) is 0 Å². The maximum Gasteiger partial charge on any atom is 0.149 e. The summed E-state index contributed by atoms with van der Waals surface area (Å²) in [6.07, 6.45) is 4.35. The Labute approximate surface area is 87.7 Å². The fourth-order valence-electron chi connectivity index (χ4n) is 2.67. The Bertz CT molecular complexity index is 202. The van der Waals surface area contributed by atoms with Crippen molar-refractivity contribution in [3.63, 3.8) is 0 Å². The van der Waals surface area contributed by atoms with Crippen molar-refractivity contribution in [1.82, 2.24) is 4.90 Å². The number of likely N-dealkylation sites (tertiary alicyclic amines) is 1. The first-order chi connectivity index (χ1) is 6.61. The second kappa shape index (κ2) is 4.92. The number of Topliss-reactive ketones (excluding diaryl/α,β-unsaturated/α-hetero) is 1. The molecule has 1 saturated heterocycles. The summed E-state index contributed by atoms with van der Waals surface area (Å²) >= 11 is 0. The number of hydrogen-bond donors (Lipinski definition) is 0. The van der Waals surface area contributed by atoms with E-state index in [2.05, 4.69) is 25.7 Å². The summed E-state index contributed by atoms with van der Waals surface area (Å²) in [5.41, 5.74) is 0. The highest BCUT2D eigenvalue weighted by molar-refractivity contribution is 5.83. The largest absolute Gasteiger partial charge is 0.298 e. The molecular formula is C12H23NO. The van der Waals surface area contributed by atoms with Gasteiger partial charge in [-0.2, -0.15) is 0 Å². The number of ketones is 1. The molecule has 2 heteroatoms. The van der Waals surface area contributed by atoms with Crippen LogP contribution < -0.4 is 0 Å². The van der Waals surface area contributed by atoms with E-state index in [0.29, 0.717) is 24.3 Å². The normalized spacial score (nSPS) is 30.6. The molecule has 1 heterocycles. The highest BCUT2D eigenvalue weighted by atomic mass is 16.1. The quantitative estimate of drug-likeness (QED) is 0.690. The molecule has 3 unspecified atom stereocenters. The maximum absolute atomic E-state index is 11.7. The lowest BCUT2D eigenvalue weighted by Gasteiger charge is -2.32. The van der Waals surface area contributed by atoms with E-state index in [-0.39, 0.29) is 6.04 Å². The van der Waals surface area contributed by atoms with E-state index in [1.165, 1.54) is 19.3 Å². The van der Waals surface area contributed by atoms with Crippen molar-refractivity contribution < 1.29 is 4.79 Å². The van der Waals surface area contributed by atoms with E-state index < -0.39 is 0 Å². The molecule has 1 rings (SSSR count). The lowest BCUT2D eigenvalue weighted by molar-refractivity contribution is -0.124. The zero-order chi connectivity index (χ0) is 10.7. The van der Waals surface area contributed by atoms with Gasteiger partial charge in [0.05, 0.1) is 6.04 Å². The summed E-state index contributed by atoms with van der Waals surface area (Å²) < 4.78 is 0. The molecule has 0 aromatic rings. The average molecular weight is 197 g/mol. The van der Waals surface area contributed by atoms with Crippen LogP contribution in [0.4, 0.5) is 0 Å². The summed E-state index contributed by atoms with van der Waals surface area (Å²) in [6.45, 7) is 8.49. The first-order valence-corrected chi connectivity index (χ1v) is 5.91. The van der Waals surface area contributed by atoms with Gasteiger partial charge in [-0.15, -0.1) is 0 Å². The van der Waals surface area contributed by atoms with Crippen molar-refractivity contribution in [1.29, 1.82) is 0 Å². The molecule has 0 spiro atoms. The van der Waals surface area contributed by atoms with Crippen molar-refractivity contribution in [3.05, 3.63) is 0 Å². The molecule has 0 aromatic carbocycles. The van der Waals surface area contributed by atoms with Gasteiger partial charge in [0.15, 0.2) is 0 Å². The van der Waals surface area contributed by atoms with Crippen LogP contribution in [0.1, 0.15) is 53.4 Å². The predicted molar refractivity (Wildman–Crippen MR) is 59.4 cm³/mol. The van der Waals surface area contributed by atoms with E-state index in [0.717, 1.165) is 0 Å². The SMILES string of the molecule is CCC(=O)C(C)N1C(C)CCC1CC. The maximum atomic E-state index is 11.7. The van der Waals surface area contributed by atoms with Crippen molar-refractivity contribution in [2.45, 2.75) is 71.5 Å². The van der Waals surface area contributed by atoms with Gasteiger partial charge in [-0.05, 0) is 33.1 Å². The molecule has 0 amide bonds. The first-order valence-electron chi connectivity index (χ1n) is 5.91. The number of carbonyl (C=O) groups excluding carboxylic acids is 1. The first kappa shape index (κ1) is 11.7. The van der Waals surface area contributed by atoms with E-state index in [4.69, 9.17) is 0 Å². The predicted octanol–water partition coefficient (Wildman–Crippen LogP) is 2.62. The molecule has 0 aromatic heterocycles. The number of carbonyl (C=O) groups is 1. The zero-order valence-electron chi connectivity index (χ0n) is 9.92. The van der Waals surface area contributed by atoms with Crippen molar-refractivity contribution >= 4 is 5.78 Å². The summed E-state index contributed by atoms with van der Waals surface area (Å²) in [5, 5.41) is 0. The molecule has 0 N–H and O–H groups in total. The molecule has 1 aliphatic heterocycles. The van der Waals surface area contributed by atoms with Gasteiger partial charge in [-0.1, -0.05) is 13.8 Å². The Morgan fingerprint density at radius 3 is 2.57 bits per heavy atom. The van der Waals surface area contributed by atoms with Gasteiger partial charge < -0.3 is 0 Å². The molecule has 82 valence electrons. The minimum Gasteiger partial charge on any atom is -0.298 e. The lowest BCUT2D eigenvalue weighted by atomic mass is 10.1. The minimum absolute atomic E-state index is 0.127. The van der Waals surface area contributed by atoms with Gasteiger partial charge in [0.2, 0.25) is 0 Å². The minimum atomic E-state index is 0.127. The lowest BCUT2D eigenvalue weighted by Crippen LogP contribution is -2.45. The van der Waals surface area contributed by atoms with Crippen LogP contribution in [0.3, 0.4) is 0 Å². The zero-order valence-corrected chi connectivity index (χ0v) is 9.92. The van der Waals surface area contributed by atoms with Crippen molar-refractivity contribution in [3.8, 4) is 0 Å². The number of rotatable bonds is 4. The van der Waals surface area contributed by atoms with Crippen LogP contribution in [0.2, 0.25) is 0 Å². The molecule has 3 atom stereocenters. The highest BCUT2D eigenvalue weighted by Crippen LogP contribution is 2.28. The van der Waals surface area contributed by atoms with E-state index in [1.54, 1.807) is 0 Å². The third-order valence-corrected chi connectivity index (χ3v) is 3.58. The van der Waals surface area contributed by atoms with E-state index >= 15 is 0 Å². The van der Waals surface area contributed by atoms with Gasteiger partial charge in [-0.25, -0.2) is 0 Å². The van der Waals surface area contributed by atoms with E-state index in [1.807, 2.05) is 6.92 Å². The Balaban J connectivity index is 2.67. The van der Waals surface area contributed by atoms with Crippen LogP contribution in [-0.2, 0) is 4.79 Å². The van der Waals surface area contributed by atoms with Crippen molar-refractivity contribution in [2.24, 2.45) is 0 Å². The molecule has 0 saturated carbocycles. The van der Waals surface area contributed by atoms with Crippen LogP contribution in [-0.4, -0.2) is 28.8 Å². The van der Waals surface area contributed by atoms with Gasteiger partial charge in [0.1, 0.15) is 5.78 Å². The third kappa shape index (κ3) is 2.17. The molecular weight excluding hydrogens is 174 g/mol. The van der Waals surface area contributed by atoms with Crippen LogP contribution in [0.5, 0.6) is 0 Å². The smallest absolute Gasteiger partial charge is 0.149 e. The van der Waals surface area contributed by atoms with Crippen LogP contribution in [0, 0.1) is 0 Å². The highest BCUT2D eigenvalue weighted by Gasteiger charge is 2.34. The average Bonchev–Trinajstić information content (AvgIpc) is 2.57. The fraction of sp³-hybridized carbons (Fsp3) is 0.917. The van der Waals surface area contributed by atoms with Gasteiger partial charge >= 0.3 is 0 Å². The summed E-state index contributed by atoms with van der Waals surface area (Å²) in [6, 6.07) is 1.35. The van der Waals surface area contributed by atoms with E-state index in [9.17, 15) is 4.79 Å². The summed E-state index contributed by atoms with van der Waals surface area (Å²) in [7, 11) is 0. The monoisotopic (exact) mass is 197 g/mol. The molecule has 0 bridgehead atoms. The van der Waals surface area contributed by atoms with Crippen molar-refractivity contribution in [2.75, 3.05) is 0 Å². The Morgan fingerprint density at radius 2 is 2.07 bits per heavy atom. The molecule has 1 aliphatic rings. The Kier molecular flexibility index (Phi) is 4.11. The molecule has 0 aliphatic carbocycles. The summed E-state index contributed by atoms with van der Waals surface area (Å²) in [5.74, 6) is 0.386. The fourth-order valence-corrected chi connectivity index (χ4v) is 2.67. The van der Waals surface area contributed by atoms with Gasteiger partial charge in [-0.3, -0.25) is 9.69 Å². The standard InChI is InChI=1S/C12H23NO/c1-5-11-8-7-9(3)13(11)10(4)12(14)6-2/h9-11H,5-8H2,1-4H3. The number of nitrogens with zero attached hydrogens (tertiary/aromatic N) is 1. The van der Waals surface area contributed by atoms with Crippen LogP contribution in [0.25, 0.3) is 0 Å². The van der Waals surface area contributed by atoms with Crippen LogP contribution >= 0.6 is 0 Å². The summed E-state index contributed by atoms with van der Waals surface area (Å²) in [4.78, 5) is 14.1.